The summed E-state index contributed by atoms with van der Waals surface area (Å²) in [5.41, 5.74) is 0.558. The van der Waals surface area contributed by atoms with Gasteiger partial charge >= 0.3 is 6.18 Å². The average molecular weight is 554 g/mol. The molecule has 0 aliphatic heterocycles. The number of rotatable bonds is 4. The van der Waals surface area contributed by atoms with E-state index in [1.165, 1.54) is 24.3 Å². The highest BCUT2D eigenvalue weighted by atomic mass is 127. The van der Waals surface area contributed by atoms with E-state index in [-0.39, 0.29) is 35.0 Å². The zero-order valence-electron chi connectivity index (χ0n) is 12.6. The Kier molecular flexibility index (Phi) is 7.30. The molecule has 0 fully saturated rings. The van der Waals surface area contributed by atoms with E-state index in [0.717, 1.165) is 18.2 Å². The highest BCUT2D eigenvalue weighted by molar-refractivity contribution is 14.1. The van der Waals surface area contributed by atoms with Crippen LogP contribution in [0, 0.1) is 0 Å². The number of benzene rings is 2. The Morgan fingerprint density at radius 2 is 1.58 bits per heavy atom. The largest absolute Gasteiger partial charge is 0.399 e. The van der Waals surface area contributed by atoms with Crippen molar-refractivity contribution in [2.45, 2.75) is 12.1 Å². The molecule has 0 aromatic heterocycles. The fraction of sp³-hybridized carbons (Fsp3) is 0.118. The van der Waals surface area contributed by atoms with Crippen LogP contribution >= 0.6 is 69.0 Å². The molecule has 2 rings (SSSR count). The first-order valence-corrected chi connectivity index (χ1v) is 9.48. The van der Waals surface area contributed by atoms with Crippen molar-refractivity contribution < 1.29 is 18.0 Å². The lowest BCUT2D eigenvalue weighted by atomic mass is 9.97. The van der Waals surface area contributed by atoms with E-state index < -0.39 is 12.1 Å². The molecule has 138 valence electrons. The molecule has 1 nitrogen and oxygen atoms in total. The zero-order valence-corrected chi connectivity index (χ0v) is 17.7. The minimum Gasteiger partial charge on any atom is -0.282 e. The SMILES string of the molecule is O=C(I)c1ccc(/C=C/C(c2cc(Cl)c(Cl)c(Cl)c2)C(F)(F)F)cc1Cl. The van der Waals surface area contributed by atoms with Crippen molar-refractivity contribution in [2.24, 2.45) is 0 Å². The maximum absolute atomic E-state index is 13.5. The Labute approximate surface area is 181 Å². The van der Waals surface area contributed by atoms with Crippen LogP contribution in [0.3, 0.4) is 0 Å². The van der Waals surface area contributed by atoms with Gasteiger partial charge < -0.3 is 0 Å². The number of carbonyl (C=O) groups is 1. The summed E-state index contributed by atoms with van der Waals surface area (Å²) in [5, 5.41) is 0.0232. The monoisotopic (exact) mass is 552 g/mol. The maximum atomic E-state index is 13.5. The molecule has 0 saturated carbocycles. The van der Waals surface area contributed by atoms with Gasteiger partial charge in [-0.15, -0.1) is 0 Å². The number of halogens is 8. The summed E-state index contributed by atoms with van der Waals surface area (Å²) in [7, 11) is 0. The van der Waals surface area contributed by atoms with Crippen molar-refractivity contribution in [3.63, 3.8) is 0 Å². The van der Waals surface area contributed by atoms with Gasteiger partial charge in [-0.2, -0.15) is 13.2 Å². The van der Waals surface area contributed by atoms with E-state index in [2.05, 4.69) is 0 Å². The van der Waals surface area contributed by atoms with E-state index in [1.54, 1.807) is 22.6 Å². The van der Waals surface area contributed by atoms with Gasteiger partial charge in [0.2, 0.25) is 3.79 Å². The van der Waals surface area contributed by atoms with Gasteiger partial charge in [0.15, 0.2) is 0 Å². The van der Waals surface area contributed by atoms with E-state index in [4.69, 9.17) is 46.4 Å². The first kappa shape index (κ1) is 21.8. The van der Waals surface area contributed by atoms with Crippen LogP contribution in [0.5, 0.6) is 0 Å². The average Bonchev–Trinajstić information content (AvgIpc) is 2.51. The standard InChI is InChI=1S/C17H8Cl4F3IO/c18-12-5-8(1-3-10(12)16(25)26)2-4-11(17(22,23)24)9-6-13(19)15(21)14(20)7-9/h1-7,11H/b4-2+. The van der Waals surface area contributed by atoms with Crippen LogP contribution in [0.2, 0.25) is 20.1 Å². The predicted molar refractivity (Wildman–Crippen MR) is 109 cm³/mol. The molecule has 1 atom stereocenters. The molecule has 0 saturated heterocycles. The predicted octanol–water partition coefficient (Wildman–Crippen LogP) is 8.23. The lowest BCUT2D eigenvalue weighted by Crippen LogP contribution is -2.19. The molecule has 26 heavy (non-hydrogen) atoms. The van der Waals surface area contributed by atoms with Crippen LogP contribution in [0.15, 0.2) is 36.4 Å². The van der Waals surface area contributed by atoms with E-state index >= 15 is 0 Å². The third-order valence-corrected chi connectivity index (χ3v) is 5.49. The molecule has 9 heteroatoms. The van der Waals surface area contributed by atoms with Gasteiger partial charge in [-0.3, -0.25) is 4.79 Å². The number of hydrogen-bond acceptors (Lipinski definition) is 1. The van der Waals surface area contributed by atoms with Gasteiger partial charge in [-0.05, 0) is 35.4 Å². The molecule has 0 bridgehead atoms. The summed E-state index contributed by atoms with van der Waals surface area (Å²) >= 11 is 25.0. The summed E-state index contributed by atoms with van der Waals surface area (Å²) in [4.78, 5) is 11.4. The summed E-state index contributed by atoms with van der Waals surface area (Å²) in [6.07, 6.45) is -2.34. The van der Waals surface area contributed by atoms with Gasteiger partial charge in [0.25, 0.3) is 0 Å². The first-order chi connectivity index (χ1) is 12.0. The lowest BCUT2D eigenvalue weighted by Gasteiger charge is -2.18. The molecule has 2 aromatic rings. The highest BCUT2D eigenvalue weighted by Gasteiger charge is 2.39. The Morgan fingerprint density at radius 3 is 2.04 bits per heavy atom. The van der Waals surface area contributed by atoms with Crippen LogP contribution in [-0.4, -0.2) is 9.97 Å². The molecule has 2 aromatic carbocycles. The summed E-state index contributed by atoms with van der Waals surface area (Å²) in [6.45, 7) is 0. The quantitative estimate of drug-likeness (QED) is 0.212. The molecule has 1 unspecified atom stereocenters. The lowest BCUT2D eigenvalue weighted by molar-refractivity contribution is -0.139. The molecular formula is C17H8Cl4F3IO. The second kappa shape index (κ2) is 8.69. The van der Waals surface area contributed by atoms with Crippen molar-refractivity contribution in [1.29, 1.82) is 0 Å². The van der Waals surface area contributed by atoms with Crippen molar-refractivity contribution >= 4 is 78.9 Å². The highest BCUT2D eigenvalue weighted by Crippen LogP contribution is 2.41. The van der Waals surface area contributed by atoms with Gasteiger partial charge in [0.05, 0.1) is 26.0 Å². The third-order valence-electron chi connectivity index (χ3n) is 3.40. The minimum atomic E-state index is -4.57. The second-order valence-corrected chi connectivity index (χ2v) is 7.77. The Balaban J connectivity index is 2.42. The van der Waals surface area contributed by atoms with Crippen LogP contribution in [0.25, 0.3) is 6.08 Å². The van der Waals surface area contributed by atoms with Gasteiger partial charge in [0.1, 0.15) is 0 Å². The molecule has 0 heterocycles. The maximum Gasteiger partial charge on any atom is 0.399 e. The Hall–Kier alpha value is -0.470. The first-order valence-electron chi connectivity index (χ1n) is 6.89. The van der Waals surface area contributed by atoms with Crippen molar-refractivity contribution in [2.75, 3.05) is 0 Å². The minimum absolute atomic E-state index is 0.00664. The van der Waals surface area contributed by atoms with E-state index in [0.29, 0.717) is 5.56 Å². The summed E-state index contributed by atoms with van der Waals surface area (Å²) in [5.74, 6) is -1.94. The van der Waals surface area contributed by atoms with Gasteiger partial charge in [-0.1, -0.05) is 64.6 Å². The molecule has 0 N–H and O–H groups in total. The third kappa shape index (κ3) is 5.29. The van der Waals surface area contributed by atoms with Crippen molar-refractivity contribution in [1.82, 2.24) is 0 Å². The molecule has 0 amide bonds. The number of hydrogen-bond donors (Lipinski definition) is 0. The van der Waals surface area contributed by atoms with Crippen LogP contribution in [0.1, 0.15) is 27.4 Å². The Morgan fingerprint density at radius 1 is 1.00 bits per heavy atom. The fourth-order valence-corrected chi connectivity index (χ4v) is 3.68. The molecule has 0 aliphatic carbocycles. The van der Waals surface area contributed by atoms with E-state index in [1.807, 2.05) is 0 Å². The number of alkyl halides is 3. The number of allylic oxidation sites excluding steroid dienone is 1. The van der Waals surface area contributed by atoms with Crippen molar-refractivity contribution in [3.8, 4) is 0 Å². The summed E-state index contributed by atoms with van der Waals surface area (Å²) in [6, 6.07) is 6.63. The summed E-state index contributed by atoms with van der Waals surface area (Å²) < 4.78 is 40.2. The van der Waals surface area contributed by atoms with Crippen LogP contribution < -0.4 is 0 Å². The zero-order chi connectivity index (χ0) is 19.6. The molecule has 0 radical (unpaired) electrons. The second-order valence-electron chi connectivity index (χ2n) is 5.19. The topological polar surface area (TPSA) is 17.1 Å². The molecule has 0 spiro atoms. The molecule has 0 aliphatic rings. The normalized spacial score (nSPS) is 13.2. The fourth-order valence-electron chi connectivity index (χ4n) is 2.17. The van der Waals surface area contributed by atoms with Gasteiger partial charge in [0, 0.05) is 28.2 Å². The number of carbonyl (C=O) groups excluding carboxylic acids is 1. The smallest absolute Gasteiger partial charge is 0.282 e. The molecular weight excluding hydrogens is 546 g/mol. The van der Waals surface area contributed by atoms with Gasteiger partial charge in [-0.25, -0.2) is 0 Å². The van der Waals surface area contributed by atoms with E-state index in [9.17, 15) is 18.0 Å². The van der Waals surface area contributed by atoms with Crippen molar-refractivity contribution in [3.05, 3.63) is 73.2 Å². The van der Waals surface area contributed by atoms with Crippen LogP contribution in [-0.2, 0) is 0 Å². The van der Waals surface area contributed by atoms with Crippen LogP contribution in [0.4, 0.5) is 13.2 Å². The Bertz CT molecular complexity index is 858.